The summed E-state index contributed by atoms with van der Waals surface area (Å²) in [5.41, 5.74) is -2.24. The minimum absolute atomic E-state index is 0.0434. The van der Waals surface area contributed by atoms with Gasteiger partial charge in [0.25, 0.3) is 0 Å². The predicted molar refractivity (Wildman–Crippen MR) is 116 cm³/mol. The lowest BCUT2D eigenvalue weighted by Crippen LogP contribution is -2.48. The van der Waals surface area contributed by atoms with Crippen LogP contribution in [0.5, 0.6) is 11.5 Å². The topological polar surface area (TPSA) is 150 Å². The lowest BCUT2D eigenvalue weighted by Gasteiger charge is -2.28. The van der Waals surface area contributed by atoms with Gasteiger partial charge in [-0.1, -0.05) is 13.8 Å². The first-order chi connectivity index (χ1) is 16.0. The number of carbonyl (C=O) groups is 1. The molecule has 1 saturated heterocycles. The van der Waals surface area contributed by atoms with E-state index in [0.29, 0.717) is 6.29 Å². The maximum atomic E-state index is 14.3. The Labute approximate surface area is 196 Å². The van der Waals surface area contributed by atoms with E-state index < -0.39 is 40.7 Å². The molecule has 34 heavy (non-hydrogen) atoms. The summed E-state index contributed by atoms with van der Waals surface area (Å²) in [6, 6.07) is 6.23. The van der Waals surface area contributed by atoms with Gasteiger partial charge in [0.1, 0.15) is 34.2 Å². The van der Waals surface area contributed by atoms with Gasteiger partial charge in [0, 0.05) is 24.9 Å². The number of aldehydes is 1. The quantitative estimate of drug-likeness (QED) is 0.490. The Hall–Kier alpha value is -3.11. The molecular weight excluding hydrogens is 469 g/mol. The third-order valence-corrected chi connectivity index (χ3v) is 7.00. The number of hydrogen-bond donors (Lipinski definition) is 2. The Kier molecular flexibility index (Phi) is 7.52. The number of β-amino-alcohol motifs (C(OH)–C–C–N with tert-alkyl or cyclic N) is 1. The fraction of sp³-hybridized carbons (Fsp3) is 0.409. The molecule has 0 radical (unpaired) electrons. The van der Waals surface area contributed by atoms with Crippen molar-refractivity contribution in [2.45, 2.75) is 30.4 Å². The summed E-state index contributed by atoms with van der Waals surface area (Å²) >= 11 is 0. The van der Waals surface area contributed by atoms with Crippen molar-refractivity contribution in [3.8, 4) is 17.6 Å². The minimum atomic E-state index is -4.17. The van der Waals surface area contributed by atoms with Crippen molar-refractivity contribution in [2.24, 2.45) is 5.92 Å². The van der Waals surface area contributed by atoms with Gasteiger partial charge >= 0.3 is 0 Å². The van der Waals surface area contributed by atoms with Crippen molar-refractivity contribution < 1.29 is 37.3 Å². The van der Waals surface area contributed by atoms with E-state index in [2.05, 4.69) is 4.98 Å². The lowest BCUT2D eigenvalue weighted by atomic mass is 10.0. The van der Waals surface area contributed by atoms with Crippen LogP contribution in [0.3, 0.4) is 0 Å². The van der Waals surface area contributed by atoms with Crippen LogP contribution in [-0.2, 0) is 10.0 Å². The maximum Gasteiger partial charge on any atom is 0.244 e. The van der Waals surface area contributed by atoms with Gasteiger partial charge in [-0.3, -0.25) is 9.78 Å². The lowest BCUT2D eigenvalue weighted by molar-refractivity contribution is -0.0647. The van der Waals surface area contributed by atoms with Crippen LogP contribution in [0.25, 0.3) is 0 Å². The smallest absolute Gasteiger partial charge is 0.244 e. The predicted octanol–water partition coefficient (Wildman–Crippen LogP) is 1.11. The minimum Gasteiger partial charge on any atom is -0.489 e. The van der Waals surface area contributed by atoms with Gasteiger partial charge in [-0.05, 0) is 18.1 Å². The fourth-order valence-electron chi connectivity index (χ4n) is 3.31. The molecule has 12 heteroatoms. The Morgan fingerprint density at radius 2 is 2.12 bits per heavy atom. The standard InChI is InChI=1S/C22H24FN3O7S/c1-14(2)11-32-19-5-15(7-24)18(23)6-20(19)33-21-9-26(12-22(21,29)13-28)34(30,31)17-4-3-16(10-27)25-8-17/h3-6,8,10,14,21,28-29H,9,11-13H2,1-2H3/t21-,22+/m0/s1. The molecule has 10 nitrogen and oxygen atoms in total. The summed E-state index contributed by atoms with van der Waals surface area (Å²) in [5, 5.41) is 29.9. The van der Waals surface area contributed by atoms with Gasteiger partial charge in [0.05, 0.1) is 25.3 Å². The van der Waals surface area contributed by atoms with Crippen LogP contribution in [0.2, 0.25) is 0 Å². The fourth-order valence-corrected chi connectivity index (χ4v) is 4.76. The number of sulfonamides is 1. The number of hydrogen-bond acceptors (Lipinski definition) is 9. The second-order valence-electron chi connectivity index (χ2n) is 8.30. The average molecular weight is 494 g/mol. The maximum absolute atomic E-state index is 14.3. The van der Waals surface area contributed by atoms with Crippen molar-refractivity contribution in [3.63, 3.8) is 0 Å². The van der Waals surface area contributed by atoms with Gasteiger partial charge in [0.15, 0.2) is 17.8 Å². The summed E-state index contributed by atoms with van der Waals surface area (Å²) in [4.78, 5) is 14.3. The first-order valence-electron chi connectivity index (χ1n) is 10.3. The third kappa shape index (κ3) is 5.18. The molecule has 0 aliphatic carbocycles. The molecule has 0 saturated carbocycles. The Bertz CT molecular complexity index is 1200. The number of carbonyl (C=O) groups excluding carboxylic acids is 1. The van der Waals surface area contributed by atoms with E-state index in [1.807, 2.05) is 13.8 Å². The molecule has 1 fully saturated rings. The van der Waals surface area contributed by atoms with E-state index in [1.165, 1.54) is 12.1 Å². The van der Waals surface area contributed by atoms with Crippen molar-refractivity contribution in [1.29, 1.82) is 5.26 Å². The normalized spacial score (nSPS) is 20.8. The highest BCUT2D eigenvalue weighted by molar-refractivity contribution is 7.89. The molecule has 2 heterocycles. The van der Waals surface area contributed by atoms with E-state index in [9.17, 15) is 27.8 Å². The Morgan fingerprint density at radius 1 is 1.38 bits per heavy atom. The van der Waals surface area contributed by atoms with Gasteiger partial charge in [-0.15, -0.1) is 0 Å². The molecule has 1 aliphatic rings. The number of nitrogens with zero attached hydrogens (tertiary/aromatic N) is 3. The molecule has 0 bridgehead atoms. The number of rotatable bonds is 9. The molecule has 182 valence electrons. The highest BCUT2D eigenvalue weighted by Gasteiger charge is 2.51. The van der Waals surface area contributed by atoms with Crippen LogP contribution < -0.4 is 9.47 Å². The summed E-state index contributed by atoms with van der Waals surface area (Å²) in [6.07, 6.45) is 0.193. The SMILES string of the molecule is CC(C)COc1cc(C#N)c(F)cc1O[C@H]1CN(S(=O)(=O)c2ccc(C=O)nc2)C[C@@]1(O)CO. The molecule has 0 amide bonds. The summed E-state index contributed by atoms with van der Waals surface area (Å²) in [6.45, 7) is 2.28. The first kappa shape index (κ1) is 25.5. The van der Waals surface area contributed by atoms with E-state index in [1.54, 1.807) is 6.07 Å². The Balaban J connectivity index is 1.92. The van der Waals surface area contributed by atoms with E-state index >= 15 is 0 Å². The monoisotopic (exact) mass is 493 g/mol. The largest absolute Gasteiger partial charge is 0.489 e. The van der Waals surface area contributed by atoms with Crippen LogP contribution >= 0.6 is 0 Å². The van der Waals surface area contributed by atoms with Gasteiger partial charge in [0.2, 0.25) is 10.0 Å². The highest BCUT2D eigenvalue weighted by Crippen LogP contribution is 2.36. The van der Waals surface area contributed by atoms with E-state index in [4.69, 9.17) is 14.7 Å². The number of halogens is 1. The van der Waals surface area contributed by atoms with Crippen molar-refractivity contribution in [1.82, 2.24) is 9.29 Å². The number of benzene rings is 1. The second-order valence-corrected chi connectivity index (χ2v) is 10.2. The van der Waals surface area contributed by atoms with Gasteiger partial charge in [-0.2, -0.15) is 9.57 Å². The molecular formula is C22H24FN3O7S. The van der Waals surface area contributed by atoms with Crippen molar-refractivity contribution in [3.05, 3.63) is 47.5 Å². The van der Waals surface area contributed by atoms with Crippen molar-refractivity contribution in [2.75, 3.05) is 26.3 Å². The summed E-state index contributed by atoms with van der Waals surface area (Å²) in [5.74, 6) is -0.887. The number of aliphatic hydroxyl groups is 2. The Morgan fingerprint density at radius 3 is 2.68 bits per heavy atom. The van der Waals surface area contributed by atoms with E-state index in [0.717, 1.165) is 22.6 Å². The third-order valence-electron chi connectivity index (χ3n) is 5.21. The average Bonchev–Trinajstić information content (AvgIpc) is 3.16. The van der Waals surface area contributed by atoms with Gasteiger partial charge in [-0.25, -0.2) is 12.8 Å². The number of aliphatic hydroxyl groups excluding tert-OH is 1. The van der Waals surface area contributed by atoms with Crippen LogP contribution in [0.4, 0.5) is 4.39 Å². The first-order valence-corrected chi connectivity index (χ1v) is 11.8. The van der Waals surface area contributed by atoms with Crippen LogP contribution in [0.15, 0.2) is 35.4 Å². The second kappa shape index (κ2) is 10.0. The van der Waals surface area contributed by atoms with Gasteiger partial charge < -0.3 is 19.7 Å². The number of nitriles is 1. The van der Waals surface area contributed by atoms with Crippen molar-refractivity contribution >= 4 is 16.3 Å². The molecule has 1 aromatic heterocycles. The number of aromatic nitrogens is 1. The van der Waals surface area contributed by atoms with Crippen LogP contribution in [0, 0.1) is 23.1 Å². The molecule has 1 aromatic carbocycles. The molecule has 2 aromatic rings. The molecule has 0 unspecified atom stereocenters. The van der Waals surface area contributed by atoms with Crippen LogP contribution in [-0.4, -0.2) is 72.2 Å². The van der Waals surface area contributed by atoms with Crippen LogP contribution in [0.1, 0.15) is 29.9 Å². The molecule has 1 aliphatic heterocycles. The molecule has 0 spiro atoms. The zero-order valence-corrected chi connectivity index (χ0v) is 19.3. The summed E-state index contributed by atoms with van der Waals surface area (Å²) in [7, 11) is -4.17. The highest BCUT2D eigenvalue weighted by atomic mass is 32.2. The van der Waals surface area contributed by atoms with E-state index in [-0.39, 0.29) is 46.7 Å². The summed E-state index contributed by atoms with van der Waals surface area (Å²) < 4.78 is 52.7. The molecule has 2 atom stereocenters. The zero-order chi connectivity index (χ0) is 25.1. The molecule has 2 N–H and O–H groups in total. The number of ether oxygens (including phenoxy) is 2. The zero-order valence-electron chi connectivity index (χ0n) is 18.5. The molecule has 3 rings (SSSR count). The number of pyridine rings is 1.